The Bertz CT molecular complexity index is 975. The number of nitrogens with zero attached hydrogens (tertiary/aromatic N) is 1. The van der Waals surface area contributed by atoms with Gasteiger partial charge in [0.2, 0.25) is 0 Å². The summed E-state index contributed by atoms with van der Waals surface area (Å²) in [6.45, 7) is 0.0326. The standard InChI is InChI=1S/C23H19NO4/c25-21-23(22(26)27,28-16-17-10-4-1-5-11-17)20(18-12-6-2-7-13-18)24(21)19-14-8-3-9-15-19/h1-15,20H,16H2,(H,26,27). The van der Waals surface area contributed by atoms with Gasteiger partial charge in [-0.25, -0.2) is 4.79 Å². The quantitative estimate of drug-likeness (QED) is 0.527. The van der Waals surface area contributed by atoms with Crippen LogP contribution in [-0.2, 0) is 20.9 Å². The Morgan fingerprint density at radius 2 is 1.43 bits per heavy atom. The first-order chi connectivity index (χ1) is 13.6. The Morgan fingerprint density at radius 1 is 0.893 bits per heavy atom. The zero-order valence-electron chi connectivity index (χ0n) is 15.1. The SMILES string of the molecule is O=C(O)C1(OCc2ccccc2)C(=O)N(c2ccccc2)C1c1ccccc1. The van der Waals surface area contributed by atoms with E-state index in [0.29, 0.717) is 11.3 Å². The number of amides is 1. The smallest absolute Gasteiger partial charge is 0.348 e. The van der Waals surface area contributed by atoms with Crippen molar-refractivity contribution in [1.29, 1.82) is 0 Å². The van der Waals surface area contributed by atoms with E-state index >= 15 is 0 Å². The number of carboxylic acid groups (broad SMARTS) is 1. The molecule has 0 aromatic heterocycles. The number of benzene rings is 3. The number of carbonyl (C=O) groups is 2. The number of rotatable bonds is 6. The van der Waals surface area contributed by atoms with Gasteiger partial charge in [-0.1, -0.05) is 78.9 Å². The predicted molar refractivity (Wildman–Crippen MR) is 105 cm³/mol. The topological polar surface area (TPSA) is 66.8 Å². The van der Waals surface area contributed by atoms with Crippen molar-refractivity contribution in [1.82, 2.24) is 0 Å². The Hall–Kier alpha value is -3.44. The zero-order chi connectivity index (χ0) is 19.6. The molecule has 3 aromatic carbocycles. The lowest BCUT2D eigenvalue weighted by atomic mass is 9.77. The van der Waals surface area contributed by atoms with Gasteiger partial charge in [0.05, 0.1) is 6.61 Å². The normalized spacial score (nSPS) is 21.2. The van der Waals surface area contributed by atoms with Gasteiger partial charge < -0.3 is 9.84 Å². The van der Waals surface area contributed by atoms with Crippen molar-refractivity contribution < 1.29 is 19.4 Å². The summed E-state index contributed by atoms with van der Waals surface area (Å²) in [4.78, 5) is 27.0. The van der Waals surface area contributed by atoms with Crippen LogP contribution in [0.3, 0.4) is 0 Å². The van der Waals surface area contributed by atoms with E-state index in [9.17, 15) is 14.7 Å². The minimum absolute atomic E-state index is 0.0326. The summed E-state index contributed by atoms with van der Waals surface area (Å²) in [7, 11) is 0. The lowest BCUT2D eigenvalue weighted by Crippen LogP contribution is -2.73. The van der Waals surface area contributed by atoms with Crippen LogP contribution in [-0.4, -0.2) is 22.6 Å². The number of carboxylic acids is 1. The molecule has 0 spiro atoms. The lowest BCUT2D eigenvalue weighted by molar-refractivity contribution is -0.189. The van der Waals surface area contributed by atoms with Crippen molar-refractivity contribution in [2.75, 3.05) is 4.90 Å². The summed E-state index contributed by atoms with van der Waals surface area (Å²) < 4.78 is 5.85. The van der Waals surface area contributed by atoms with E-state index in [2.05, 4.69) is 0 Å². The van der Waals surface area contributed by atoms with Crippen molar-refractivity contribution in [3.05, 3.63) is 102 Å². The highest BCUT2D eigenvalue weighted by Gasteiger charge is 2.68. The molecule has 1 heterocycles. The molecular formula is C23H19NO4. The summed E-state index contributed by atoms with van der Waals surface area (Å²) >= 11 is 0. The van der Waals surface area contributed by atoms with Crippen LogP contribution < -0.4 is 4.90 Å². The molecule has 140 valence electrons. The number of hydrogen-bond donors (Lipinski definition) is 1. The van der Waals surface area contributed by atoms with Crippen LogP contribution in [0.15, 0.2) is 91.0 Å². The summed E-state index contributed by atoms with van der Waals surface area (Å²) in [6, 6.07) is 26.7. The molecule has 4 rings (SSSR count). The Morgan fingerprint density at radius 3 is 2.00 bits per heavy atom. The van der Waals surface area contributed by atoms with Gasteiger partial charge in [-0.15, -0.1) is 0 Å². The summed E-state index contributed by atoms with van der Waals surface area (Å²) in [5.74, 6) is -1.86. The number of ether oxygens (including phenoxy) is 1. The molecule has 2 atom stereocenters. The van der Waals surface area contributed by atoms with Gasteiger partial charge in [0, 0.05) is 5.69 Å². The summed E-state index contributed by atoms with van der Waals surface area (Å²) in [6.07, 6.45) is 0. The number of para-hydroxylation sites is 1. The molecule has 1 saturated heterocycles. The maximum Gasteiger partial charge on any atom is 0.348 e. The monoisotopic (exact) mass is 373 g/mol. The van der Waals surface area contributed by atoms with Crippen LogP contribution in [0.5, 0.6) is 0 Å². The van der Waals surface area contributed by atoms with E-state index in [1.165, 1.54) is 4.90 Å². The molecule has 0 aliphatic carbocycles. The highest BCUT2D eigenvalue weighted by molar-refractivity contribution is 6.20. The van der Waals surface area contributed by atoms with Crippen molar-refractivity contribution in [3.63, 3.8) is 0 Å². The largest absolute Gasteiger partial charge is 0.479 e. The second-order valence-electron chi connectivity index (χ2n) is 6.64. The molecule has 5 nitrogen and oxygen atoms in total. The van der Waals surface area contributed by atoms with E-state index in [-0.39, 0.29) is 6.61 Å². The van der Waals surface area contributed by atoms with Crippen molar-refractivity contribution in [2.45, 2.75) is 18.2 Å². The van der Waals surface area contributed by atoms with Crippen molar-refractivity contribution in [3.8, 4) is 0 Å². The molecule has 1 aliphatic rings. The highest BCUT2D eigenvalue weighted by Crippen LogP contribution is 2.49. The lowest BCUT2D eigenvalue weighted by Gasteiger charge is -2.52. The number of hydrogen-bond acceptors (Lipinski definition) is 3. The van der Waals surface area contributed by atoms with Crippen LogP contribution in [0, 0.1) is 0 Å². The number of carbonyl (C=O) groups excluding carboxylic acids is 1. The average Bonchev–Trinajstić information content (AvgIpc) is 2.74. The van der Waals surface area contributed by atoms with E-state index in [1.807, 2.05) is 78.9 Å². The van der Waals surface area contributed by atoms with Crippen molar-refractivity contribution in [2.24, 2.45) is 0 Å². The fourth-order valence-electron chi connectivity index (χ4n) is 3.59. The summed E-state index contributed by atoms with van der Waals surface area (Å²) in [5, 5.41) is 10.1. The molecule has 0 bridgehead atoms. The number of anilines is 1. The summed E-state index contributed by atoms with van der Waals surface area (Å²) in [5.41, 5.74) is 0.191. The Labute approximate surface area is 162 Å². The second kappa shape index (κ2) is 7.29. The number of aliphatic carboxylic acids is 1. The molecule has 0 radical (unpaired) electrons. The number of β-lactam (4-membered cyclic amide) rings is 1. The predicted octanol–water partition coefficient (Wildman–Crippen LogP) is 3.81. The first-order valence-corrected chi connectivity index (χ1v) is 8.99. The minimum Gasteiger partial charge on any atom is -0.479 e. The maximum absolute atomic E-state index is 13.2. The highest BCUT2D eigenvalue weighted by atomic mass is 16.5. The minimum atomic E-state index is -1.97. The zero-order valence-corrected chi connectivity index (χ0v) is 15.1. The Balaban J connectivity index is 1.75. The molecule has 3 aromatic rings. The first-order valence-electron chi connectivity index (χ1n) is 8.99. The third kappa shape index (κ3) is 2.86. The third-order valence-electron chi connectivity index (χ3n) is 4.96. The van der Waals surface area contributed by atoms with E-state index in [4.69, 9.17) is 4.74 Å². The molecule has 0 saturated carbocycles. The second-order valence-corrected chi connectivity index (χ2v) is 6.64. The molecule has 1 fully saturated rings. The van der Waals surface area contributed by atoms with Gasteiger partial charge in [-0.3, -0.25) is 9.69 Å². The van der Waals surface area contributed by atoms with Gasteiger partial charge in [0.15, 0.2) is 0 Å². The van der Waals surface area contributed by atoms with Gasteiger partial charge in [0.25, 0.3) is 11.5 Å². The average molecular weight is 373 g/mol. The molecule has 1 aliphatic heterocycles. The van der Waals surface area contributed by atoms with Crippen LogP contribution in [0.4, 0.5) is 5.69 Å². The van der Waals surface area contributed by atoms with Crippen LogP contribution in [0.25, 0.3) is 0 Å². The Kier molecular flexibility index (Phi) is 4.67. The maximum atomic E-state index is 13.2. The first kappa shape index (κ1) is 17.9. The van der Waals surface area contributed by atoms with Gasteiger partial charge in [0.1, 0.15) is 6.04 Å². The van der Waals surface area contributed by atoms with Gasteiger partial charge in [-0.2, -0.15) is 0 Å². The van der Waals surface area contributed by atoms with Gasteiger partial charge in [-0.05, 0) is 23.3 Å². The van der Waals surface area contributed by atoms with E-state index in [0.717, 1.165) is 5.56 Å². The van der Waals surface area contributed by atoms with E-state index in [1.54, 1.807) is 12.1 Å². The third-order valence-corrected chi connectivity index (χ3v) is 4.96. The fourth-order valence-corrected chi connectivity index (χ4v) is 3.59. The molecule has 1 amide bonds. The molecular weight excluding hydrogens is 354 g/mol. The van der Waals surface area contributed by atoms with Gasteiger partial charge >= 0.3 is 5.97 Å². The fraction of sp³-hybridized carbons (Fsp3) is 0.130. The molecule has 28 heavy (non-hydrogen) atoms. The molecule has 2 unspecified atom stereocenters. The molecule has 1 N–H and O–H groups in total. The van der Waals surface area contributed by atoms with Crippen LogP contribution >= 0.6 is 0 Å². The van der Waals surface area contributed by atoms with Crippen molar-refractivity contribution >= 4 is 17.6 Å². The van der Waals surface area contributed by atoms with Crippen LogP contribution in [0.1, 0.15) is 17.2 Å². The van der Waals surface area contributed by atoms with Crippen LogP contribution in [0.2, 0.25) is 0 Å². The van der Waals surface area contributed by atoms with E-state index < -0.39 is 23.5 Å². The molecule has 5 heteroatoms.